The Hall–Kier alpha value is -2.67. The minimum atomic E-state index is -0.0810. The van der Waals surface area contributed by atoms with E-state index < -0.39 is 0 Å². The van der Waals surface area contributed by atoms with E-state index in [4.69, 9.17) is 0 Å². The predicted molar refractivity (Wildman–Crippen MR) is 96.3 cm³/mol. The number of nitrogens with one attached hydrogen (secondary N) is 2. The van der Waals surface area contributed by atoms with Gasteiger partial charge in [0.05, 0.1) is 23.4 Å². The molecule has 0 unspecified atom stereocenters. The lowest BCUT2D eigenvalue weighted by molar-refractivity contribution is -0.124. The molecule has 0 atom stereocenters. The summed E-state index contributed by atoms with van der Waals surface area (Å²) in [4.78, 5) is 28.4. The highest BCUT2D eigenvalue weighted by molar-refractivity contribution is 7.14. The zero-order valence-electron chi connectivity index (χ0n) is 13.4. The van der Waals surface area contributed by atoms with Gasteiger partial charge in [-0.15, -0.1) is 11.3 Å². The van der Waals surface area contributed by atoms with Crippen molar-refractivity contribution in [2.45, 2.75) is 20.4 Å². The maximum Gasteiger partial charge on any atom is 0.222 e. The molecule has 1 aromatic heterocycles. The maximum atomic E-state index is 11.6. The van der Waals surface area contributed by atoms with Crippen molar-refractivity contribution >= 4 is 41.2 Å². The van der Waals surface area contributed by atoms with E-state index in [1.54, 1.807) is 30.3 Å². The smallest absolute Gasteiger partial charge is 0.222 e. The van der Waals surface area contributed by atoms with Gasteiger partial charge in [-0.05, 0) is 30.3 Å². The zero-order valence-corrected chi connectivity index (χ0v) is 14.3. The standard InChI is InChI=1S/C17H19N3O3S/c1-11(2)17(23)18-8-14-7-15(16(9-21)24-14)20-10-19-12-3-5-13(22)6-4-12/h3-7,9-11,22H,8H2,1-2H3,(H,18,23)(H,19,20). The molecule has 0 aliphatic carbocycles. The fraction of sp³-hybridized carbons (Fsp3) is 0.235. The van der Waals surface area contributed by atoms with Crippen molar-refractivity contribution in [2.75, 3.05) is 5.32 Å². The molecule has 0 fully saturated rings. The van der Waals surface area contributed by atoms with Crippen molar-refractivity contribution in [1.29, 1.82) is 0 Å². The van der Waals surface area contributed by atoms with Crippen LogP contribution in [0.1, 0.15) is 28.4 Å². The van der Waals surface area contributed by atoms with E-state index in [1.807, 2.05) is 13.8 Å². The Balaban J connectivity index is 2.01. The van der Waals surface area contributed by atoms with Crippen molar-refractivity contribution in [3.63, 3.8) is 0 Å². The highest BCUT2D eigenvalue weighted by Crippen LogP contribution is 2.28. The third kappa shape index (κ3) is 4.92. The number of nitrogens with zero attached hydrogens (tertiary/aromatic N) is 1. The molecule has 6 nitrogen and oxygen atoms in total. The van der Waals surface area contributed by atoms with Gasteiger partial charge < -0.3 is 15.7 Å². The van der Waals surface area contributed by atoms with Crippen molar-refractivity contribution < 1.29 is 14.7 Å². The van der Waals surface area contributed by atoms with Gasteiger partial charge in [0.1, 0.15) is 5.75 Å². The Bertz CT molecular complexity index is 736. The van der Waals surface area contributed by atoms with Crippen molar-refractivity contribution in [3.8, 4) is 5.75 Å². The number of amides is 1. The normalized spacial score (nSPS) is 11.0. The second kappa shape index (κ2) is 8.26. The molecule has 2 aromatic rings. The van der Waals surface area contributed by atoms with Gasteiger partial charge in [0.25, 0.3) is 0 Å². The molecule has 0 spiro atoms. The monoisotopic (exact) mass is 345 g/mol. The van der Waals surface area contributed by atoms with Crippen LogP contribution in [0.25, 0.3) is 0 Å². The van der Waals surface area contributed by atoms with Gasteiger partial charge in [-0.3, -0.25) is 9.59 Å². The lowest BCUT2D eigenvalue weighted by Gasteiger charge is -2.05. The predicted octanol–water partition coefficient (Wildman–Crippen LogP) is 3.31. The quantitative estimate of drug-likeness (QED) is 0.311. The number of aldehydes is 1. The molecule has 24 heavy (non-hydrogen) atoms. The largest absolute Gasteiger partial charge is 0.508 e. The molecule has 1 heterocycles. The van der Waals surface area contributed by atoms with Gasteiger partial charge in [-0.2, -0.15) is 0 Å². The summed E-state index contributed by atoms with van der Waals surface area (Å²) in [5, 5.41) is 15.0. The van der Waals surface area contributed by atoms with Gasteiger partial charge >= 0.3 is 0 Å². The first kappa shape index (κ1) is 17.7. The third-order valence-electron chi connectivity index (χ3n) is 3.16. The van der Waals surface area contributed by atoms with Crippen molar-refractivity contribution in [2.24, 2.45) is 10.9 Å². The number of phenolic OH excluding ortho intramolecular Hbond substituents is 1. The summed E-state index contributed by atoms with van der Waals surface area (Å²) in [5.41, 5.74) is 1.32. The molecule has 3 N–H and O–H groups in total. The Morgan fingerprint density at radius 1 is 1.33 bits per heavy atom. The third-order valence-corrected chi connectivity index (χ3v) is 4.21. The van der Waals surface area contributed by atoms with Crippen LogP contribution in [0.2, 0.25) is 0 Å². The van der Waals surface area contributed by atoms with E-state index in [-0.39, 0.29) is 17.6 Å². The summed E-state index contributed by atoms with van der Waals surface area (Å²) >= 11 is 1.30. The molecular weight excluding hydrogens is 326 g/mol. The molecule has 0 saturated carbocycles. The van der Waals surface area contributed by atoms with E-state index in [2.05, 4.69) is 15.6 Å². The van der Waals surface area contributed by atoms with Gasteiger partial charge in [-0.25, -0.2) is 4.99 Å². The number of aromatic hydroxyl groups is 1. The number of carbonyl (C=O) groups excluding carboxylic acids is 2. The number of aliphatic imine (C=N–C) groups is 1. The number of rotatable bonds is 7. The fourth-order valence-corrected chi connectivity index (χ4v) is 2.69. The lowest BCUT2D eigenvalue weighted by atomic mass is 10.2. The van der Waals surface area contributed by atoms with Crippen molar-refractivity contribution in [1.82, 2.24) is 5.32 Å². The summed E-state index contributed by atoms with van der Waals surface area (Å²) in [6.07, 6.45) is 2.24. The van der Waals surface area contributed by atoms with E-state index in [0.717, 1.165) is 16.9 Å². The minimum absolute atomic E-state index is 0.0323. The van der Waals surface area contributed by atoms with Crippen LogP contribution in [0.5, 0.6) is 5.75 Å². The molecule has 0 radical (unpaired) electrons. The number of phenols is 1. The highest BCUT2D eigenvalue weighted by atomic mass is 32.1. The minimum Gasteiger partial charge on any atom is -0.508 e. The second-order valence-electron chi connectivity index (χ2n) is 5.40. The van der Waals surface area contributed by atoms with Crippen LogP contribution in [-0.4, -0.2) is 23.6 Å². The fourth-order valence-electron chi connectivity index (χ4n) is 1.83. The van der Waals surface area contributed by atoms with E-state index >= 15 is 0 Å². The number of hydrogen-bond acceptors (Lipinski definition) is 5. The Kier molecular flexibility index (Phi) is 6.08. The zero-order chi connectivity index (χ0) is 17.5. The van der Waals surface area contributed by atoms with Crippen LogP contribution in [0.4, 0.5) is 11.4 Å². The summed E-state index contributed by atoms with van der Waals surface area (Å²) < 4.78 is 0. The van der Waals surface area contributed by atoms with E-state index in [1.165, 1.54) is 17.7 Å². The van der Waals surface area contributed by atoms with E-state index in [0.29, 0.717) is 17.1 Å². The molecule has 126 valence electrons. The molecule has 0 bridgehead atoms. The van der Waals surface area contributed by atoms with Gasteiger partial charge in [0.15, 0.2) is 6.29 Å². The van der Waals surface area contributed by atoms with E-state index in [9.17, 15) is 14.7 Å². The Morgan fingerprint density at radius 3 is 2.67 bits per heavy atom. The second-order valence-corrected chi connectivity index (χ2v) is 6.57. The lowest BCUT2D eigenvalue weighted by Crippen LogP contribution is -2.26. The first-order valence-corrected chi connectivity index (χ1v) is 8.25. The summed E-state index contributed by atoms with van der Waals surface area (Å²) in [7, 11) is 0. The average Bonchev–Trinajstić information content (AvgIpc) is 2.96. The van der Waals surface area contributed by atoms with Crippen LogP contribution in [0.15, 0.2) is 35.3 Å². The number of anilines is 1. The number of benzene rings is 1. The van der Waals surface area contributed by atoms with Crippen molar-refractivity contribution in [3.05, 3.63) is 40.1 Å². The Labute approximate surface area is 144 Å². The average molecular weight is 345 g/mol. The molecule has 2 rings (SSSR count). The van der Waals surface area contributed by atoms with Crippen LogP contribution in [0.3, 0.4) is 0 Å². The van der Waals surface area contributed by atoms with Gasteiger partial charge in [0, 0.05) is 16.5 Å². The molecule has 1 aromatic carbocycles. The molecule has 1 amide bonds. The SMILES string of the molecule is CC(C)C(=O)NCc1cc(/N=C\Nc2ccc(O)cc2)c(C=O)s1. The van der Waals surface area contributed by atoms with Crippen LogP contribution < -0.4 is 10.6 Å². The summed E-state index contributed by atoms with van der Waals surface area (Å²) in [6, 6.07) is 8.33. The molecule has 0 aliphatic rings. The molecular formula is C17H19N3O3S. The van der Waals surface area contributed by atoms with Crippen LogP contribution in [-0.2, 0) is 11.3 Å². The molecule has 0 aliphatic heterocycles. The summed E-state index contributed by atoms with van der Waals surface area (Å²) in [6.45, 7) is 4.03. The summed E-state index contributed by atoms with van der Waals surface area (Å²) in [5.74, 6) is 0.0734. The first-order valence-electron chi connectivity index (χ1n) is 7.43. The number of thiophene rings is 1. The topological polar surface area (TPSA) is 90.8 Å². The first-order chi connectivity index (χ1) is 11.5. The Morgan fingerprint density at radius 2 is 2.04 bits per heavy atom. The highest BCUT2D eigenvalue weighted by Gasteiger charge is 2.10. The maximum absolute atomic E-state index is 11.6. The molecule has 7 heteroatoms. The van der Waals surface area contributed by atoms with Gasteiger partial charge in [-0.1, -0.05) is 13.8 Å². The number of carbonyl (C=O) groups is 2. The van der Waals surface area contributed by atoms with Crippen LogP contribution in [0, 0.1) is 5.92 Å². The number of hydrogen-bond donors (Lipinski definition) is 3. The molecule has 0 saturated heterocycles. The van der Waals surface area contributed by atoms with Crippen LogP contribution >= 0.6 is 11.3 Å². The van der Waals surface area contributed by atoms with Gasteiger partial charge in [0.2, 0.25) is 5.91 Å².